The van der Waals surface area contributed by atoms with Gasteiger partial charge >= 0.3 is 7.60 Å². The van der Waals surface area contributed by atoms with Gasteiger partial charge in [0, 0.05) is 14.2 Å². The molecule has 0 radical (unpaired) electrons. The Hall–Kier alpha value is -0.150. The van der Waals surface area contributed by atoms with Gasteiger partial charge in [0.15, 0.2) is 0 Å². The van der Waals surface area contributed by atoms with Crippen molar-refractivity contribution < 1.29 is 18.3 Å². The summed E-state index contributed by atoms with van der Waals surface area (Å²) in [6, 6.07) is 0. The number of rotatable bonds is 7. The van der Waals surface area contributed by atoms with E-state index < -0.39 is 7.60 Å². The van der Waals surface area contributed by atoms with Gasteiger partial charge in [-0.1, -0.05) is 12.2 Å². The molecule has 0 N–H and O–H groups in total. The minimum absolute atomic E-state index is 0.271. The average Bonchev–Trinajstić information content (AvgIpc) is 2.12. The van der Waals surface area contributed by atoms with Crippen LogP contribution in [0, 0.1) is 0 Å². The number of hydrogen-bond donors (Lipinski definition) is 0. The standard InChI is InChI=1S/C8H17O4P/c1-8(2)7-12-5-6-13(9,10-3)11-4/h1,5-7H2,2-4H3. The molecule has 0 aromatic heterocycles. The van der Waals surface area contributed by atoms with Crippen molar-refractivity contribution in [2.45, 2.75) is 6.92 Å². The maximum absolute atomic E-state index is 11.4. The molecule has 13 heavy (non-hydrogen) atoms. The Bertz CT molecular complexity index is 194. The van der Waals surface area contributed by atoms with E-state index in [9.17, 15) is 4.57 Å². The summed E-state index contributed by atoms with van der Waals surface area (Å²) < 4.78 is 26.1. The topological polar surface area (TPSA) is 44.8 Å². The van der Waals surface area contributed by atoms with E-state index in [2.05, 4.69) is 6.58 Å². The van der Waals surface area contributed by atoms with Gasteiger partial charge in [-0.25, -0.2) is 0 Å². The highest BCUT2D eigenvalue weighted by Crippen LogP contribution is 2.45. The Labute approximate surface area is 79.4 Å². The van der Waals surface area contributed by atoms with E-state index in [0.717, 1.165) is 5.57 Å². The van der Waals surface area contributed by atoms with Crippen molar-refractivity contribution in [3.63, 3.8) is 0 Å². The first kappa shape index (κ1) is 12.8. The molecule has 0 aliphatic carbocycles. The monoisotopic (exact) mass is 208 g/mol. The Morgan fingerprint density at radius 3 is 2.31 bits per heavy atom. The Balaban J connectivity index is 3.62. The first-order valence-electron chi connectivity index (χ1n) is 3.96. The summed E-state index contributed by atoms with van der Waals surface area (Å²) in [4.78, 5) is 0. The number of hydrogen-bond acceptors (Lipinski definition) is 4. The molecule has 4 nitrogen and oxygen atoms in total. The molecule has 0 rings (SSSR count). The van der Waals surface area contributed by atoms with Gasteiger partial charge in [0.1, 0.15) is 0 Å². The van der Waals surface area contributed by atoms with Crippen molar-refractivity contribution in [3.05, 3.63) is 12.2 Å². The molecular weight excluding hydrogens is 191 g/mol. The van der Waals surface area contributed by atoms with Gasteiger partial charge in [-0.2, -0.15) is 0 Å². The molecule has 0 aliphatic heterocycles. The second kappa shape index (κ2) is 6.33. The lowest BCUT2D eigenvalue weighted by Gasteiger charge is -2.13. The fraction of sp³-hybridized carbons (Fsp3) is 0.750. The molecule has 0 fully saturated rings. The van der Waals surface area contributed by atoms with Crippen LogP contribution >= 0.6 is 7.60 Å². The van der Waals surface area contributed by atoms with Crippen LogP contribution in [0.4, 0.5) is 0 Å². The van der Waals surface area contributed by atoms with E-state index >= 15 is 0 Å². The number of ether oxygens (including phenoxy) is 1. The molecule has 0 spiro atoms. The first-order chi connectivity index (χ1) is 6.04. The zero-order valence-corrected chi connectivity index (χ0v) is 9.30. The molecule has 0 aromatic rings. The van der Waals surface area contributed by atoms with Crippen LogP contribution in [0.3, 0.4) is 0 Å². The molecule has 0 unspecified atom stereocenters. The van der Waals surface area contributed by atoms with E-state index in [1.807, 2.05) is 6.92 Å². The third-order valence-corrected chi connectivity index (χ3v) is 3.26. The fourth-order valence-corrected chi connectivity index (χ4v) is 1.55. The second-order valence-corrected chi connectivity index (χ2v) is 5.11. The van der Waals surface area contributed by atoms with E-state index in [-0.39, 0.29) is 6.16 Å². The average molecular weight is 208 g/mol. The second-order valence-electron chi connectivity index (χ2n) is 2.71. The predicted octanol–water partition coefficient (Wildman–Crippen LogP) is 2.06. The SMILES string of the molecule is C=C(C)COCCP(=O)(OC)OC. The van der Waals surface area contributed by atoms with E-state index in [1.165, 1.54) is 14.2 Å². The van der Waals surface area contributed by atoms with Crippen LogP contribution in [0.1, 0.15) is 6.92 Å². The lowest BCUT2D eigenvalue weighted by molar-refractivity contribution is 0.164. The zero-order valence-electron chi connectivity index (χ0n) is 8.41. The molecule has 78 valence electrons. The van der Waals surface area contributed by atoms with Crippen molar-refractivity contribution >= 4 is 7.60 Å². The molecule has 0 saturated heterocycles. The summed E-state index contributed by atoms with van der Waals surface area (Å²) in [5.41, 5.74) is 0.935. The molecule has 0 aromatic carbocycles. The van der Waals surface area contributed by atoms with E-state index in [0.29, 0.717) is 13.2 Å². The van der Waals surface area contributed by atoms with Gasteiger partial charge in [-0.3, -0.25) is 4.57 Å². The Morgan fingerprint density at radius 2 is 1.92 bits per heavy atom. The zero-order chi connectivity index (χ0) is 10.3. The molecular formula is C8H17O4P. The summed E-state index contributed by atoms with van der Waals surface area (Å²) in [6.45, 7) is 6.37. The van der Waals surface area contributed by atoms with Crippen LogP contribution in [0.15, 0.2) is 12.2 Å². The maximum Gasteiger partial charge on any atom is 0.332 e. The highest BCUT2D eigenvalue weighted by atomic mass is 31.2. The third-order valence-electron chi connectivity index (χ3n) is 1.41. The highest BCUT2D eigenvalue weighted by Gasteiger charge is 2.19. The van der Waals surface area contributed by atoms with Crippen molar-refractivity contribution in [3.8, 4) is 0 Å². The molecule has 0 saturated carbocycles. The van der Waals surface area contributed by atoms with Crippen molar-refractivity contribution in [2.75, 3.05) is 33.6 Å². The highest BCUT2D eigenvalue weighted by molar-refractivity contribution is 7.53. The summed E-state index contributed by atoms with van der Waals surface area (Å²) in [7, 11) is -0.168. The normalized spacial score (nSPS) is 11.6. The van der Waals surface area contributed by atoms with Crippen LogP contribution in [-0.4, -0.2) is 33.6 Å². The summed E-state index contributed by atoms with van der Waals surface area (Å²) in [5.74, 6) is 0. The summed E-state index contributed by atoms with van der Waals surface area (Å²) >= 11 is 0. The van der Waals surface area contributed by atoms with Crippen LogP contribution in [0.2, 0.25) is 0 Å². The molecule has 0 bridgehead atoms. The van der Waals surface area contributed by atoms with E-state index in [1.54, 1.807) is 0 Å². The molecule has 0 aliphatic rings. The van der Waals surface area contributed by atoms with E-state index in [4.69, 9.17) is 13.8 Å². The largest absolute Gasteiger partial charge is 0.376 e. The van der Waals surface area contributed by atoms with Crippen LogP contribution in [0.25, 0.3) is 0 Å². The lowest BCUT2D eigenvalue weighted by atomic mass is 10.4. The molecule has 0 atom stereocenters. The van der Waals surface area contributed by atoms with Crippen molar-refractivity contribution in [1.29, 1.82) is 0 Å². The minimum Gasteiger partial charge on any atom is -0.376 e. The van der Waals surface area contributed by atoms with Crippen LogP contribution in [-0.2, 0) is 18.3 Å². The molecule has 5 heteroatoms. The Kier molecular flexibility index (Phi) is 6.25. The van der Waals surface area contributed by atoms with Gasteiger partial charge in [-0.15, -0.1) is 0 Å². The summed E-state index contributed by atoms with van der Waals surface area (Å²) in [6.07, 6.45) is 0.271. The van der Waals surface area contributed by atoms with Crippen LogP contribution < -0.4 is 0 Å². The van der Waals surface area contributed by atoms with Gasteiger partial charge in [0.2, 0.25) is 0 Å². The van der Waals surface area contributed by atoms with Crippen LogP contribution in [0.5, 0.6) is 0 Å². The van der Waals surface area contributed by atoms with Crippen molar-refractivity contribution in [2.24, 2.45) is 0 Å². The third kappa shape index (κ3) is 5.99. The molecule has 0 heterocycles. The smallest absolute Gasteiger partial charge is 0.332 e. The van der Waals surface area contributed by atoms with Gasteiger partial charge < -0.3 is 13.8 Å². The Morgan fingerprint density at radius 1 is 1.38 bits per heavy atom. The van der Waals surface area contributed by atoms with Gasteiger partial charge in [0.25, 0.3) is 0 Å². The fourth-order valence-electron chi connectivity index (χ4n) is 0.680. The quantitative estimate of drug-likeness (QED) is 0.365. The minimum atomic E-state index is -2.90. The predicted molar refractivity (Wildman–Crippen MR) is 52.1 cm³/mol. The van der Waals surface area contributed by atoms with Gasteiger partial charge in [0.05, 0.1) is 19.4 Å². The first-order valence-corrected chi connectivity index (χ1v) is 5.69. The van der Waals surface area contributed by atoms with Crippen molar-refractivity contribution in [1.82, 2.24) is 0 Å². The maximum atomic E-state index is 11.4. The lowest BCUT2D eigenvalue weighted by Crippen LogP contribution is -2.04. The van der Waals surface area contributed by atoms with Gasteiger partial charge in [-0.05, 0) is 6.92 Å². The molecule has 0 amide bonds. The summed E-state index contributed by atoms with van der Waals surface area (Å²) in [5, 5.41) is 0.